The molecule has 1 saturated carbocycles. The maximum Gasteiger partial charge on any atom is 0.227 e. The molecule has 1 fully saturated rings. The molecule has 1 amide bonds. The Morgan fingerprint density at radius 2 is 1.93 bits per heavy atom. The summed E-state index contributed by atoms with van der Waals surface area (Å²) in [4.78, 5) is 16.7. The first kappa shape index (κ1) is 21.4. The number of carbonyl (C=O) groups is 1. The molecule has 1 aliphatic rings. The van der Waals surface area contributed by atoms with Gasteiger partial charge in [-0.15, -0.1) is 12.4 Å². The van der Waals surface area contributed by atoms with Crippen LogP contribution >= 0.6 is 12.4 Å². The van der Waals surface area contributed by atoms with Gasteiger partial charge in [-0.3, -0.25) is 4.79 Å². The smallest absolute Gasteiger partial charge is 0.227 e. The first-order chi connectivity index (χ1) is 12.5. The van der Waals surface area contributed by atoms with Gasteiger partial charge in [0.2, 0.25) is 17.6 Å². The summed E-state index contributed by atoms with van der Waals surface area (Å²) in [5.41, 5.74) is 7.84. The molecule has 3 rings (SSSR count). The quantitative estimate of drug-likeness (QED) is 0.750. The fourth-order valence-electron chi connectivity index (χ4n) is 3.50. The van der Waals surface area contributed by atoms with E-state index in [0.717, 1.165) is 31.2 Å². The summed E-state index contributed by atoms with van der Waals surface area (Å²) < 4.78 is 5.30. The van der Waals surface area contributed by atoms with Gasteiger partial charge in [0.05, 0.1) is 5.54 Å². The second-order valence-corrected chi connectivity index (χ2v) is 7.53. The average Bonchev–Trinajstić information content (AvgIpc) is 3.30. The van der Waals surface area contributed by atoms with Crippen molar-refractivity contribution in [1.29, 1.82) is 0 Å². The van der Waals surface area contributed by atoms with Crippen LogP contribution in [0.3, 0.4) is 0 Å². The van der Waals surface area contributed by atoms with Gasteiger partial charge in [-0.05, 0) is 24.3 Å². The molecular formula is C20H29ClN4O2. The first-order valence-corrected chi connectivity index (χ1v) is 9.45. The SMILES string of the molecule is CC(C)c1ccc(-c2noc(CCC(=O)NC3(CN)CCCC3)n2)cc1.Cl. The lowest BCUT2D eigenvalue weighted by Crippen LogP contribution is -2.51. The van der Waals surface area contributed by atoms with Crippen LogP contribution in [0.1, 0.15) is 63.3 Å². The maximum absolute atomic E-state index is 12.3. The molecule has 27 heavy (non-hydrogen) atoms. The summed E-state index contributed by atoms with van der Waals surface area (Å²) in [6, 6.07) is 8.16. The van der Waals surface area contributed by atoms with E-state index < -0.39 is 0 Å². The van der Waals surface area contributed by atoms with E-state index in [0.29, 0.717) is 37.0 Å². The predicted octanol–water partition coefficient (Wildman–Crippen LogP) is 3.60. The Morgan fingerprint density at radius 1 is 1.26 bits per heavy atom. The molecule has 0 spiro atoms. The Hall–Kier alpha value is -1.92. The van der Waals surface area contributed by atoms with Crippen LogP contribution in [0.15, 0.2) is 28.8 Å². The number of carbonyl (C=O) groups excluding carboxylic acids is 1. The van der Waals surface area contributed by atoms with Crippen LogP contribution in [0.5, 0.6) is 0 Å². The number of aromatic nitrogens is 2. The lowest BCUT2D eigenvalue weighted by Gasteiger charge is -2.28. The normalized spacial score (nSPS) is 15.6. The number of amides is 1. The van der Waals surface area contributed by atoms with Gasteiger partial charge in [0.25, 0.3) is 0 Å². The molecule has 0 saturated heterocycles. The highest BCUT2D eigenvalue weighted by atomic mass is 35.5. The van der Waals surface area contributed by atoms with Crippen LogP contribution < -0.4 is 11.1 Å². The Bertz CT molecular complexity index is 737. The molecule has 7 heteroatoms. The topological polar surface area (TPSA) is 94.0 Å². The van der Waals surface area contributed by atoms with E-state index in [1.165, 1.54) is 5.56 Å². The van der Waals surface area contributed by atoms with Crippen LogP contribution in [0.25, 0.3) is 11.4 Å². The van der Waals surface area contributed by atoms with Crippen LogP contribution in [0.2, 0.25) is 0 Å². The fraction of sp³-hybridized carbons (Fsp3) is 0.550. The summed E-state index contributed by atoms with van der Waals surface area (Å²) in [6.07, 6.45) is 4.94. The predicted molar refractivity (Wildman–Crippen MR) is 108 cm³/mol. The minimum Gasteiger partial charge on any atom is -0.349 e. The Kier molecular flexibility index (Phi) is 7.39. The third-order valence-corrected chi connectivity index (χ3v) is 5.23. The molecule has 0 aliphatic heterocycles. The molecule has 148 valence electrons. The summed E-state index contributed by atoms with van der Waals surface area (Å²) in [6.45, 7) is 4.82. The number of nitrogens with one attached hydrogen (secondary N) is 1. The molecular weight excluding hydrogens is 364 g/mol. The van der Waals surface area contributed by atoms with E-state index in [4.69, 9.17) is 10.3 Å². The molecule has 1 aromatic carbocycles. The van der Waals surface area contributed by atoms with Gasteiger partial charge in [0.1, 0.15) is 0 Å². The molecule has 2 aromatic rings. The highest BCUT2D eigenvalue weighted by Gasteiger charge is 2.33. The summed E-state index contributed by atoms with van der Waals surface area (Å²) >= 11 is 0. The molecule has 0 atom stereocenters. The van der Waals surface area contributed by atoms with E-state index in [1.54, 1.807) is 0 Å². The van der Waals surface area contributed by atoms with Crippen molar-refractivity contribution in [2.24, 2.45) is 5.73 Å². The maximum atomic E-state index is 12.3. The van der Waals surface area contributed by atoms with Crippen molar-refractivity contribution in [2.75, 3.05) is 6.54 Å². The first-order valence-electron chi connectivity index (χ1n) is 9.45. The highest BCUT2D eigenvalue weighted by molar-refractivity contribution is 5.85. The molecule has 1 aromatic heterocycles. The van der Waals surface area contributed by atoms with Crippen molar-refractivity contribution < 1.29 is 9.32 Å². The van der Waals surface area contributed by atoms with Gasteiger partial charge in [0, 0.05) is 24.9 Å². The van der Waals surface area contributed by atoms with E-state index in [9.17, 15) is 4.79 Å². The van der Waals surface area contributed by atoms with Gasteiger partial charge >= 0.3 is 0 Å². The largest absolute Gasteiger partial charge is 0.349 e. The number of hydrogen-bond donors (Lipinski definition) is 2. The molecule has 0 radical (unpaired) electrons. The van der Waals surface area contributed by atoms with E-state index in [-0.39, 0.29) is 23.9 Å². The van der Waals surface area contributed by atoms with Gasteiger partial charge in [-0.25, -0.2) is 0 Å². The highest BCUT2D eigenvalue weighted by Crippen LogP contribution is 2.28. The molecule has 6 nitrogen and oxygen atoms in total. The zero-order valence-electron chi connectivity index (χ0n) is 16.0. The van der Waals surface area contributed by atoms with Crippen LogP contribution in [0, 0.1) is 0 Å². The number of nitrogens with zero attached hydrogens (tertiary/aromatic N) is 2. The zero-order chi connectivity index (χ0) is 18.6. The van der Waals surface area contributed by atoms with Crippen molar-refractivity contribution in [1.82, 2.24) is 15.5 Å². The Labute approximate surface area is 166 Å². The van der Waals surface area contributed by atoms with Crippen molar-refractivity contribution in [3.8, 4) is 11.4 Å². The number of rotatable bonds is 7. The Morgan fingerprint density at radius 3 is 2.52 bits per heavy atom. The number of nitrogens with two attached hydrogens (primary N) is 1. The third-order valence-electron chi connectivity index (χ3n) is 5.23. The second-order valence-electron chi connectivity index (χ2n) is 7.53. The van der Waals surface area contributed by atoms with E-state index in [2.05, 4.69) is 41.4 Å². The van der Waals surface area contributed by atoms with Crippen molar-refractivity contribution in [3.63, 3.8) is 0 Å². The van der Waals surface area contributed by atoms with Crippen LogP contribution in [-0.2, 0) is 11.2 Å². The van der Waals surface area contributed by atoms with Crippen molar-refractivity contribution in [2.45, 2.75) is 63.8 Å². The van der Waals surface area contributed by atoms with Gasteiger partial charge in [-0.1, -0.05) is 56.1 Å². The fourth-order valence-corrected chi connectivity index (χ4v) is 3.50. The molecule has 0 unspecified atom stereocenters. The lowest BCUT2D eigenvalue weighted by atomic mass is 9.97. The minimum absolute atomic E-state index is 0. The minimum atomic E-state index is -0.213. The second kappa shape index (κ2) is 9.33. The zero-order valence-corrected chi connectivity index (χ0v) is 16.8. The summed E-state index contributed by atoms with van der Waals surface area (Å²) in [5, 5.41) is 7.15. The molecule has 1 heterocycles. The standard InChI is InChI=1S/C20H28N4O2.ClH/c1-14(2)15-5-7-16(8-6-15)19-22-18(26-24-19)10-9-17(25)23-20(13-21)11-3-4-12-20;/h5-8,14H,3-4,9-13,21H2,1-2H3,(H,23,25);1H. The number of halogens is 1. The Balaban J connectivity index is 0.00000261. The van der Waals surface area contributed by atoms with E-state index >= 15 is 0 Å². The average molecular weight is 393 g/mol. The lowest BCUT2D eigenvalue weighted by molar-refractivity contribution is -0.123. The van der Waals surface area contributed by atoms with Gasteiger partial charge in [-0.2, -0.15) is 4.98 Å². The van der Waals surface area contributed by atoms with Crippen molar-refractivity contribution in [3.05, 3.63) is 35.7 Å². The number of hydrogen-bond acceptors (Lipinski definition) is 5. The monoisotopic (exact) mass is 392 g/mol. The third kappa shape index (κ3) is 5.30. The summed E-state index contributed by atoms with van der Waals surface area (Å²) in [5.74, 6) is 1.53. The molecule has 0 bridgehead atoms. The van der Waals surface area contributed by atoms with Crippen molar-refractivity contribution >= 4 is 18.3 Å². The number of benzene rings is 1. The van der Waals surface area contributed by atoms with Crippen LogP contribution in [0.4, 0.5) is 0 Å². The molecule has 1 aliphatic carbocycles. The van der Waals surface area contributed by atoms with Crippen LogP contribution in [-0.4, -0.2) is 28.1 Å². The summed E-state index contributed by atoms with van der Waals surface area (Å²) in [7, 11) is 0. The number of aryl methyl sites for hydroxylation is 1. The van der Waals surface area contributed by atoms with Gasteiger partial charge < -0.3 is 15.6 Å². The molecule has 3 N–H and O–H groups in total. The van der Waals surface area contributed by atoms with Gasteiger partial charge in [0.15, 0.2) is 0 Å². The van der Waals surface area contributed by atoms with E-state index in [1.807, 2.05) is 12.1 Å².